The molecule has 5 nitrogen and oxygen atoms in total. The van der Waals surface area contributed by atoms with Crippen molar-refractivity contribution in [3.8, 4) is 0 Å². The highest BCUT2D eigenvalue weighted by atomic mass is 19.1. The molecule has 110 valence electrons. The van der Waals surface area contributed by atoms with Crippen LogP contribution in [0.3, 0.4) is 0 Å². The lowest BCUT2D eigenvalue weighted by Gasteiger charge is -2.14. The van der Waals surface area contributed by atoms with Gasteiger partial charge in [-0.15, -0.1) is 0 Å². The molecule has 1 atom stereocenters. The number of benzene rings is 1. The van der Waals surface area contributed by atoms with E-state index in [4.69, 9.17) is 0 Å². The Morgan fingerprint density at radius 1 is 1.25 bits per heavy atom. The third-order valence-corrected chi connectivity index (χ3v) is 2.48. The van der Waals surface area contributed by atoms with Gasteiger partial charge in [0.05, 0.1) is 7.05 Å². The summed E-state index contributed by atoms with van der Waals surface area (Å²) in [5.74, 6) is -0.763. The van der Waals surface area contributed by atoms with Crippen molar-refractivity contribution in [2.24, 2.45) is 0 Å². The van der Waals surface area contributed by atoms with E-state index in [1.807, 2.05) is 13.8 Å². The van der Waals surface area contributed by atoms with Gasteiger partial charge in [-0.1, -0.05) is 6.07 Å². The molecule has 0 bridgehead atoms. The first-order valence-corrected chi connectivity index (χ1v) is 6.53. The van der Waals surface area contributed by atoms with Crippen LogP contribution >= 0.6 is 0 Å². The first-order chi connectivity index (χ1) is 9.36. The summed E-state index contributed by atoms with van der Waals surface area (Å²) in [6.07, 6.45) is 0. The number of hydrogen-bond donors (Lipinski definition) is 3. The van der Waals surface area contributed by atoms with Crippen LogP contribution in [0.2, 0.25) is 0 Å². The fourth-order valence-electron chi connectivity index (χ4n) is 1.76. The summed E-state index contributed by atoms with van der Waals surface area (Å²) in [4.78, 5) is 24.0. The summed E-state index contributed by atoms with van der Waals surface area (Å²) in [6.45, 7) is 4.12. The van der Waals surface area contributed by atoms with Crippen molar-refractivity contribution in [2.45, 2.75) is 19.9 Å². The fourth-order valence-corrected chi connectivity index (χ4v) is 1.76. The first kappa shape index (κ1) is 16.1. The molecule has 0 heterocycles. The molecule has 0 saturated heterocycles. The number of nitrogens with one attached hydrogen (secondary N) is 3. The van der Waals surface area contributed by atoms with Crippen molar-refractivity contribution in [1.29, 1.82) is 0 Å². The Labute approximate surface area is 118 Å². The highest BCUT2D eigenvalue weighted by Crippen LogP contribution is 2.08. The lowest BCUT2D eigenvalue weighted by Crippen LogP contribution is -3.11. The van der Waals surface area contributed by atoms with E-state index in [1.165, 1.54) is 18.2 Å². The quantitative estimate of drug-likeness (QED) is 0.677. The SMILES string of the molecule is CC(C)NC(=O)C[NH+](C)CC(=O)Nc1cccc(F)c1. The van der Waals surface area contributed by atoms with E-state index >= 15 is 0 Å². The minimum absolute atomic E-state index is 0.0800. The highest BCUT2D eigenvalue weighted by Gasteiger charge is 2.14. The van der Waals surface area contributed by atoms with Crippen LogP contribution in [0.1, 0.15) is 13.8 Å². The zero-order chi connectivity index (χ0) is 15.1. The number of carbonyl (C=O) groups excluding carboxylic acids is 2. The van der Waals surface area contributed by atoms with Gasteiger partial charge in [0.15, 0.2) is 13.1 Å². The Bertz CT molecular complexity index is 477. The zero-order valence-electron chi connectivity index (χ0n) is 12.0. The fraction of sp³-hybridized carbons (Fsp3) is 0.429. The van der Waals surface area contributed by atoms with Crippen LogP contribution < -0.4 is 15.5 Å². The van der Waals surface area contributed by atoms with Crippen molar-refractivity contribution >= 4 is 17.5 Å². The van der Waals surface area contributed by atoms with Gasteiger partial charge in [-0.3, -0.25) is 9.59 Å². The molecule has 0 aliphatic rings. The van der Waals surface area contributed by atoms with E-state index < -0.39 is 5.82 Å². The number of quaternary nitrogens is 1. The molecule has 0 spiro atoms. The van der Waals surface area contributed by atoms with Gasteiger partial charge >= 0.3 is 0 Å². The smallest absolute Gasteiger partial charge is 0.279 e. The van der Waals surface area contributed by atoms with Gasteiger partial charge in [0.1, 0.15) is 5.82 Å². The van der Waals surface area contributed by atoms with Crippen LogP contribution in [0.25, 0.3) is 0 Å². The van der Waals surface area contributed by atoms with Gasteiger partial charge in [-0.25, -0.2) is 4.39 Å². The number of halogens is 1. The molecule has 0 saturated carbocycles. The largest absolute Gasteiger partial charge is 0.349 e. The zero-order valence-corrected chi connectivity index (χ0v) is 12.0. The lowest BCUT2D eigenvalue weighted by atomic mass is 10.3. The predicted octanol–water partition coefficient (Wildman–Crippen LogP) is -0.196. The maximum Gasteiger partial charge on any atom is 0.279 e. The van der Waals surface area contributed by atoms with Gasteiger partial charge < -0.3 is 15.5 Å². The number of rotatable bonds is 6. The molecule has 0 aliphatic carbocycles. The average molecular weight is 282 g/mol. The summed E-state index contributed by atoms with van der Waals surface area (Å²) in [5, 5.41) is 5.36. The van der Waals surface area contributed by atoms with Crippen LogP contribution in [0, 0.1) is 5.82 Å². The minimum Gasteiger partial charge on any atom is -0.349 e. The maximum atomic E-state index is 13.0. The van der Waals surface area contributed by atoms with Crippen molar-refractivity contribution in [1.82, 2.24) is 5.32 Å². The normalized spacial score (nSPS) is 12.1. The van der Waals surface area contributed by atoms with Gasteiger partial charge in [0.2, 0.25) is 0 Å². The Morgan fingerprint density at radius 2 is 1.90 bits per heavy atom. The van der Waals surface area contributed by atoms with Crippen LogP contribution in [-0.2, 0) is 9.59 Å². The number of carbonyl (C=O) groups is 2. The van der Waals surface area contributed by atoms with Gasteiger partial charge in [0, 0.05) is 11.7 Å². The predicted molar refractivity (Wildman–Crippen MR) is 74.9 cm³/mol. The summed E-state index contributed by atoms with van der Waals surface area (Å²) in [7, 11) is 1.76. The highest BCUT2D eigenvalue weighted by molar-refractivity contribution is 5.91. The number of amides is 2. The summed E-state index contributed by atoms with van der Waals surface area (Å²) in [5.41, 5.74) is 0.412. The first-order valence-electron chi connectivity index (χ1n) is 6.53. The second-order valence-corrected chi connectivity index (χ2v) is 5.09. The van der Waals surface area contributed by atoms with E-state index in [-0.39, 0.29) is 30.9 Å². The van der Waals surface area contributed by atoms with Crippen LogP contribution in [0.5, 0.6) is 0 Å². The molecular weight excluding hydrogens is 261 g/mol. The average Bonchev–Trinajstić information content (AvgIpc) is 2.26. The minimum atomic E-state index is -0.403. The molecule has 0 aliphatic heterocycles. The van der Waals surface area contributed by atoms with E-state index in [1.54, 1.807) is 13.1 Å². The Kier molecular flexibility index (Phi) is 6.11. The van der Waals surface area contributed by atoms with Crippen molar-refractivity contribution in [2.75, 3.05) is 25.5 Å². The second-order valence-electron chi connectivity index (χ2n) is 5.09. The molecule has 6 heteroatoms. The van der Waals surface area contributed by atoms with Crippen molar-refractivity contribution in [3.63, 3.8) is 0 Å². The Hall–Kier alpha value is -1.95. The Morgan fingerprint density at radius 3 is 2.50 bits per heavy atom. The second kappa shape index (κ2) is 7.59. The van der Waals surface area contributed by atoms with Crippen LogP contribution in [-0.4, -0.2) is 38.0 Å². The molecule has 1 aromatic rings. The third-order valence-electron chi connectivity index (χ3n) is 2.48. The van der Waals surface area contributed by atoms with E-state index in [9.17, 15) is 14.0 Å². The molecule has 0 fully saturated rings. The van der Waals surface area contributed by atoms with E-state index in [2.05, 4.69) is 10.6 Å². The molecular formula is C14H21FN3O2+. The molecule has 1 aromatic carbocycles. The molecule has 20 heavy (non-hydrogen) atoms. The number of hydrogen-bond acceptors (Lipinski definition) is 2. The molecule has 2 amide bonds. The van der Waals surface area contributed by atoms with E-state index in [0.717, 1.165) is 4.90 Å². The monoisotopic (exact) mass is 282 g/mol. The number of likely N-dealkylation sites (N-methyl/N-ethyl adjacent to an activating group) is 1. The standard InChI is InChI=1S/C14H20FN3O2/c1-10(2)16-13(19)8-18(3)9-14(20)17-12-6-4-5-11(15)7-12/h4-7,10H,8-9H2,1-3H3,(H,16,19)(H,17,20)/p+1. The van der Waals surface area contributed by atoms with Gasteiger partial charge in [0.25, 0.3) is 11.8 Å². The maximum absolute atomic E-state index is 13.0. The lowest BCUT2D eigenvalue weighted by molar-refractivity contribution is -0.862. The van der Waals surface area contributed by atoms with Crippen molar-refractivity contribution in [3.05, 3.63) is 30.1 Å². The Balaban J connectivity index is 2.40. The molecule has 3 N–H and O–H groups in total. The molecule has 1 rings (SSSR count). The molecule has 0 radical (unpaired) electrons. The summed E-state index contributed by atoms with van der Waals surface area (Å²) >= 11 is 0. The van der Waals surface area contributed by atoms with E-state index in [0.29, 0.717) is 5.69 Å². The molecule has 1 unspecified atom stereocenters. The van der Waals surface area contributed by atoms with Gasteiger partial charge in [-0.2, -0.15) is 0 Å². The van der Waals surface area contributed by atoms with Crippen LogP contribution in [0.4, 0.5) is 10.1 Å². The van der Waals surface area contributed by atoms with Crippen LogP contribution in [0.15, 0.2) is 24.3 Å². The topological polar surface area (TPSA) is 62.6 Å². The number of anilines is 1. The third kappa shape index (κ3) is 6.29. The summed E-state index contributed by atoms with van der Waals surface area (Å²) in [6, 6.07) is 5.78. The van der Waals surface area contributed by atoms with Crippen molar-refractivity contribution < 1.29 is 18.9 Å². The summed E-state index contributed by atoms with van der Waals surface area (Å²) < 4.78 is 13.0. The van der Waals surface area contributed by atoms with Gasteiger partial charge in [-0.05, 0) is 32.0 Å². The molecule has 0 aromatic heterocycles.